The lowest BCUT2D eigenvalue weighted by Gasteiger charge is -2.16. The summed E-state index contributed by atoms with van der Waals surface area (Å²) in [5, 5.41) is 1.40. The summed E-state index contributed by atoms with van der Waals surface area (Å²) in [6.07, 6.45) is 3.53. The highest BCUT2D eigenvalue weighted by molar-refractivity contribution is 6.30. The number of H-pyrrole nitrogens is 1. The van der Waals surface area contributed by atoms with Crippen molar-refractivity contribution >= 4 is 40.3 Å². The molecule has 0 bridgehead atoms. The van der Waals surface area contributed by atoms with Crippen LogP contribution in [0.25, 0.3) is 17.0 Å². The number of fused-ring (bicyclic) bond motifs is 1. The quantitative estimate of drug-likeness (QED) is 0.238. The Hall–Kier alpha value is -3.63. The van der Waals surface area contributed by atoms with E-state index in [9.17, 15) is 9.59 Å². The Kier molecular flexibility index (Phi) is 5.77. The minimum atomic E-state index is -1.05. The van der Waals surface area contributed by atoms with Crippen LogP contribution in [0, 0.1) is 0 Å². The number of carbonyl (C=O) groups is 2. The van der Waals surface area contributed by atoms with E-state index in [1.807, 2.05) is 42.5 Å². The maximum Gasteiger partial charge on any atom is 0.331 e. The molecule has 0 aliphatic rings. The van der Waals surface area contributed by atoms with E-state index in [0.717, 1.165) is 16.5 Å². The van der Waals surface area contributed by atoms with Gasteiger partial charge in [-0.15, -0.1) is 0 Å². The first-order chi connectivity index (χ1) is 14.6. The standard InChI is InChI=1S/C25H18ClNO3/c26-19-13-10-17(11-14-19)12-15-23(28)30-25(18-6-2-1-3-7-18)24(29)21-16-27-22-9-5-4-8-20(21)22/h1-16,25,27H/b15-12+/t25-/m1/s1. The normalized spacial score (nSPS) is 12.2. The number of rotatable bonds is 6. The van der Waals surface area contributed by atoms with Gasteiger partial charge in [-0.2, -0.15) is 0 Å². The van der Waals surface area contributed by atoms with Gasteiger partial charge in [-0.25, -0.2) is 4.79 Å². The second-order valence-corrected chi connectivity index (χ2v) is 7.16. The van der Waals surface area contributed by atoms with Crippen molar-refractivity contribution < 1.29 is 14.3 Å². The lowest BCUT2D eigenvalue weighted by atomic mass is 9.99. The van der Waals surface area contributed by atoms with E-state index in [0.29, 0.717) is 16.1 Å². The smallest absolute Gasteiger partial charge is 0.331 e. The number of Topliss-reactive ketones (excluding diaryl/α,β-unsaturated/α-hetero) is 1. The molecule has 1 heterocycles. The molecule has 5 heteroatoms. The second-order valence-electron chi connectivity index (χ2n) is 6.72. The third-order valence-corrected chi connectivity index (χ3v) is 4.96. The summed E-state index contributed by atoms with van der Waals surface area (Å²) >= 11 is 5.88. The summed E-state index contributed by atoms with van der Waals surface area (Å²) < 4.78 is 5.60. The highest BCUT2D eigenvalue weighted by atomic mass is 35.5. The molecule has 0 saturated carbocycles. The van der Waals surface area contributed by atoms with Crippen LogP contribution in [0.1, 0.15) is 27.6 Å². The molecule has 0 aliphatic heterocycles. The molecule has 0 saturated heterocycles. The van der Waals surface area contributed by atoms with Crippen LogP contribution < -0.4 is 0 Å². The highest BCUT2D eigenvalue weighted by Gasteiger charge is 2.27. The number of nitrogens with one attached hydrogen (secondary N) is 1. The molecule has 1 N–H and O–H groups in total. The third-order valence-electron chi connectivity index (χ3n) is 4.71. The van der Waals surface area contributed by atoms with Crippen molar-refractivity contribution in [3.63, 3.8) is 0 Å². The predicted octanol–water partition coefficient (Wildman–Crippen LogP) is 6.00. The number of esters is 1. The summed E-state index contributed by atoms with van der Waals surface area (Å²) in [7, 11) is 0. The molecule has 0 unspecified atom stereocenters. The van der Waals surface area contributed by atoms with E-state index in [-0.39, 0.29) is 5.78 Å². The van der Waals surface area contributed by atoms with Crippen molar-refractivity contribution in [3.05, 3.63) is 113 Å². The minimum absolute atomic E-state index is 0.285. The van der Waals surface area contributed by atoms with Gasteiger partial charge < -0.3 is 9.72 Å². The van der Waals surface area contributed by atoms with Gasteiger partial charge in [0.25, 0.3) is 0 Å². The fourth-order valence-electron chi connectivity index (χ4n) is 3.21. The molecule has 1 atom stereocenters. The Morgan fingerprint density at radius 1 is 0.900 bits per heavy atom. The van der Waals surface area contributed by atoms with Crippen LogP contribution in [-0.4, -0.2) is 16.7 Å². The molecule has 30 heavy (non-hydrogen) atoms. The SMILES string of the molecule is O=C(/C=C/c1ccc(Cl)cc1)O[C@@H](C(=O)c1c[nH]c2ccccc12)c1ccccc1. The van der Waals surface area contributed by atoms with Crippen molar-refractivity contribution in [1.82, 2.24) is 4.98 Å². The summed E-state index contributed by atoms with van der Waals surface area (Å²) in [5.41, 5.74) is 2.74. The number of ketones is 1. The van der Waals surface area contributed by atoms with E-state index in [4.69, 9.17) is 16.3 Å². The number of hydrogen-bond acceptors (Lipinski definition) is 3. The number of benzene rings is 3. The van der Waals surface area contributed by atoms with Crippen molar-refractivity contribution in [2.45, 2.75) is 6.10 Å². The largest absolute Gasteiger partial charge is 0.446 e. The van der Waals surface area contributed by atoms with Crippen LogP contribution >= 0.6 is 11.6 Å². The van der Waals surface area contributed by atoms with Crippen molar-refractivity contribution in [1.29, 1.82) is 0 Å². The summed E-state index contributed by atoms with van der Waals surface area (Å²) in [4.78, 5) is 28.9. The van der Waals surface area contributed by atoms with Gasteiger partial charge in [0.15, 0.2) is 6.10 Å². The van der Waals surface area contributed by atoms with E-state index in [1.54, 1.807) is 48.7 Å². The van der Waals surface area contributed by atoms with Crippen molar-refractivity contribution in [3.8, 4) is 0 Å². The number of halogens is 1. The first-order valence-electron chi connectivity index (χ1n) is 9.41. The molecule has 148 valence electrons. The van der Waals surface area contributed by atoms with Crippen LogP contribution in [0.2, 0.25) is 5.02 Å². The Labute approximate surface area is 178 Å². The number of aromatic amines is 1. The lowest BCUT2D eigenvalue weighted by Crippen LogP contribution is -2.19. The van der Waals surface area contributed by atoms with Crippen LogP contribution in [0.4, 0.5) is 0 Å². The van der Waals surface area contributed by atoms with Gasteiger partial charge >= 0.3 is 5.97 Å². The molecule has 0 fully saturated rings. The Morgan fingerprint density at radius 3 is 2.37 bits per heavy atom. The summed E-state index contributed by atoms with van der Waals surface area (Å²) in [6.45, 7) is 0. The first kappa shape index (κ1) is 19.7. The zero-order valence-corrected chi connectivity index (χ0v) is 16.7. The summed E-state index contributed by atoms with van der Waals surface area (Å²) in [5.74, 6) is -0.890. The van der Waals surface area contributed by atoms with Gasteiger partial charge in [0.05, 0.1) is 0 Å². The minimum Gasteiger partial charge on any atom is -0.446 e. The highest BCUT2D eigenvalue weighted by Crippen LogP contribution is 2.27. The molecule has 4 nitrogen and oxygen atoms in total. The number of ether oxygens (including phenoxy) is 1. The van der Waals surface area contributed by atoms with Gasteiger partial charge in [-0.1, -0.05) is 72.3 Å². The van der Waals surface area contributed by atoms with Crippen molar-refractivity contribution in [2.24, 2.45) is 0 Å². The molecule has 4 aromatic rings. The average molecular weight is 416 g/mol. The predicted molar refractivity (Wildman–Crippen MR) is 118 cm³/mol. The molecule has 0 spiro atoms. The number of carbonyl (C=O) groups excluding carboxylic acids is 2. The third kappa shape index (κ3) is 4.34. The van der Waals surface area contributed by atoms with Crippen LogP contribution in [0.3, 0.4) is 0 Å². The van der Waals surface area contributed by atoms with Gasteiger partial charge in [0.2, 0.25) is 5.78 Å². The summed E-state index contributed by atoms with van der Waals surface area (Å²) in [6, 6.07) is 23.6. The molecule has 0 radical (unpaired) electrons. The zero-order chi connectivity index (χ0) is 20.9. The zero-order valence-electron chi connectivity index (χ0n) is 15.9. The van der Waals surface area contributed by atoms with E-state index in [1.165, 1.54) is 6.08 Å². The van der Waals surface area contributed by atoms with Crippen LogP contribution in [-0.2, 0) is 9.53 Å². The Bertz CT molecular complexity index is 1210. The maximum atomic E-state index is 13.3. The number of hydrogen-bond donors (Lipinski definition) is 1. The van der Waals surface area contributed by atoms with Gasteiger partial charge in [-0.3, -0.25) is 4.79 Å². The lowest BCUT2D eigenvalue weighted by molar-refractivity contribution is -0.141. The molecule has 3 aromatic carbocycles. The fraction of sp³-hybridized carbons (Fsp3) is 0.0400. The average Bonchev–Trinajstić information content (AvgIpc) is 3.21. The number of para-hydroxylation sites is 1. The Morgan fingerprint density at radius 2 is 1.60 bits per heavy atom. The second kappa shape index (κ2) is 8.80. The monoisotopic (exact) mass is 415 g/mol. The van der Waals surface area contributed by atoms with Crippen molar-refractivity contribution in [2.75, 3.05) is 0 Å². The Balaban J connectivity index is 1.61. The first-order valence-corrected chi connectivity index (χ1v) is 9.79. The molecule has 4 rings (SSSR count). The van der Waals surface area contributed by atoms with E-state index >= 15 is 0 Å². The van der Waals surface area contributed by atoms with Gasteiger partial charge in [0.1, 0.15) is 0 Å². The molecular weight excluding hydrogens is 398 g/mol. The van der Waals surface area contributed by atoms with Gasteiger partial charge in [0, 0.05) is 39.3 Å². The fourth-order valence-corrected chi connectivity index (χ4v) is 3.34. The molecular formula is C25H18ClNO3. The van der Waals surface area contributed by atoms with E-state index < -0.39 is 12.1 Å². The maximum absolute atomic E-state index is 13.3. The topological polar surface area (TPSA) is 59.2 Å². The molecule has 0 amide bonds. The van der Waals surface area contributed by atoms with Gasteiger partial charge in [-0.05, 0) is 29.8 Å². The molecule has 0 aliphatic carbocycles. The van der Waals surface area contributed by atoms with Crippen LogP contribution in [0.15, 0.2) is 91.1 Å². The van der Waals surface area contributed by atoms with E-state index in [2.05, 4.69) is 4.98 Å². The number of aromatic nitrogens is 1. The van der Waals surface area contributed by atoms with Crippen LogP contribution in [0.5, 0.6) is 0 Å². The molecule has 1 aromatic heterocycles.